The van der Waals surface area contributed by atoms with Gasteiger partial charge in [0.1, 0.15) is 12.0 Å². The number of hydrogen-bond acceptors (Lipinski definition) is 7. The van der Waals surface area contributed by atoms with Gasteiger partial charge in [-0.1, -0.05) is 0 Å². The Morgan fingerprint density at radius 3 is 3.09 bits per heavy atom. The van der Waals surface area contributed by atoms with Gasteiger partial charge in [0, 0.05) is 54.2 Å². The van der Waals surface area contributed by atoms with Crippen LogP contribution in [0.2, 0.25) is 0 Å². The molecule has 0 aromatic carbocycles. The molecule has 0 amide bonds. The number of rotatable bonds is 7. The highest BCUT2D eigenvalue weighted by Gasteiger charge is 2.31. The van der Waals surface area contributed by atoms with Crippen molar-refractivity contribution in [2.24, 2.45) is 5.92 Å². The Kier molecular flexibility index (Phi) is 5.85. The van der Waals surface area contributed by atoms with Crippen molar-refractivity contribution < 1.29 is 8.76 Å². The summed E-state index contributed by atoms with van der Waals surface area (Å²) in [4.78, 5) is 18.2. The molecule has 3 unspecified atom stereocenters. The van der Waals surface area contributed by atoms with E-state index in [2.05, 4.69) is 36.0 Å². The molecule has 168 valence electrons. The molecule has 1 saturated heterocycles. The van der Waals surface area contributed by atoms with Gasteiger partial charge in [-0.25, -0.2) is 14.2 Å². The lowest BCUT2D eigenvalue weighted by atomic mass is 9.96. The van der Waals surface area contributed by atoms with E-state index in [-0.39, 0.29) is 17.7 Å². The van der Waals surface area contributed by atoms with Crippen LogP contribution in [0, 0.1) is 17.2 Å². The first-order valence-corrected chi connectivity index (χ1v) is 11.9. The van der Waals surface area contributed by atoms with Crippen LogP contribution < -0.4 is 4.90 Å². The molecule has 0 aliphatic carbocycles. The van der Waals surface area contributed by atoms with E-state index in [0.717, 1.165) is 47.5 Å². The Labute approximate surface area is 192 Å². The average Bonchev–Trinajstić information content (AvgIpc) is 3.58. The van der Waals surface area contributed by atoms with Crippen molar-refractivity contribution in [1.82, 2.24) is 29.7 Å². The van der Waals surface area contributed by atoms with E-state index in [1.165, 1.54) is 6.33 Å². The predicted octanol–water partition coefficient (Wildman–Crippen LogP) is 2.92. The monoisotopic (exact) mass is 462 g/mol. The van der Waals surface area contributed by atoms with Crippen LogP contribution in [0.1, 0.15) is 24.6 Å². The van der Waals surface area contributed by atoms with Gasteiger partial charge < -0.3 is 14.4 Å². The van der Waals surface area contributed by atoms with Gasteiger partial charge in [-0.05, 0) is 24.6 Å². The van der Waals surface area contributed by atoms with Gasteiger partial charge in [0.05, 0.1) is 41.9 Å². The minimum absolute atomic E-state index is 0.00961. The summed E-state index contributed by atoms with van der Waals surface area (Å²) in [5.41, 5.74) is 4.02. The molecule has 0 radical (unpaired) electrons. The molecule has 11 heteroatoms. The maximum Gasteiger partial charge on any atom is 0.158 e. The Hall–Kier alpha value is -3.62. The lowest BCUT2D eigenvalue weighted by Gasteiger charge is -2.23. The molecule has 4 aromatic heterocycles. The predicted molar refractivity (Wildman–Crippen MR) is 123 cm³/mol. The first-order valence-electron chi connectivity index (χ1n) is 10.6. The molecule has 10 nitrogen and oxygen atoms in total. The minimum Gasteiger partial charge on any atom is -0.371 e. The zero-order valence-corrected chi connectivity index (χ0v) is 18.5. The number of aromatic nitrogens is 6. The molecule has 1 aliphatic rings. The van der Waals surface area contributed by atoms with Gasteiger partial charge in [-0.15, -0.1) is 0 Å². The number of H-pyrrole nitrogens is 1. The van der Waals surface area contributed by atoms with E-state index in [9.17, 15) is 9.47 Å². The smallest absolute Gasteiger partial charge is 0.158 e. The topological polar surface area (TPSA) is 137 Å². The molecule has 1 fully saturated rings. The molecule has 4 aromatic rings. The van der Waals surface area contributed by atoms with Crippen LogP contribution in [0.15, 0.2) is 49.3 Å². The second kappa shape index (κ2) is 9.09. The number of nitrogens with one attached hydrogen (secondary N) is 1. The van der Waals surface area contributed by atoms with E-state index >= 15 is 0 Å². The number of aromatic amines is 1. The Morgan fingerprint density at radius 2 is 2.24 bits per heavy atom. The third-order valence-corrected chi connectivity index (χ3v) is 6.62. The molecule has 5 heterocycles. The van der Waals surface area contributed by atoms with E-state index in [1.807, 2.05) is 35.3 Å². The number of pyridine rings is 1. The summed E-state index contributed by atoms with van der Waals surface area (Å²) in [6, 6.07) is 7.97. The summed E-state index contributed by atoms with van der Waals surface area (Å²) in [5.74, 6) is 0.244. The number of fused-ring (bicyclic) bond motifs is 1. The number of anilines is 1. The average molecular weight is 463 g/mol. The molecular weight excluding hydrogens is 440 g/mol. The maximum atomic E-state index is 11.1. The highest BCUT2D eigenvalue weighted by Crippen LogP contribution is 2.34. The van der Waals surface area contributed by atoms with Gasteiger partial charge in [-0.3, -0.25) is 9.67 Å². The molecule has 0 saturated carbocycles. The summed E-state index contributed by atoms with van der Waals surface area (Å²) >= 11 is -1.93. The third-order valence-electron chi connectivity index (χ3n) is 6.07. The number of hydrogen-bond donors (Lipinski definition) is 2. The van der Waals surface area contributed by atoms with Crippen molar-refractivity contribution in [3.8, 4) is 17.3 Å². The Bertz CT molecular complexity index is 1340. The van der Waals surface area contributed by atoms with Gasteiger partial charge in [-0.2, -0.15) is 10.4 Å². The quantitative estimate of drug-likeness (QED) is 0.400. The zero-order valence-electron chi connectivity index (χ0n) is 17.7. The number of nitriles is 1. The van der Waals surface area contributed by atoms with E-state index in [4.69, 9.17) is 4.55 Å². The summed E-state index contributed by atoms with van der Waals surface area (Å²) in [5, 5.41) is 15.0. The molecule has 3 atom stereocenters. The van der Waals surface area contributed by atoms with E-state index in [1.54, 1.807) is 12.4 Å². The fourth-order valence-electron chi connectivity index (χ4n) is 4.52. The first-order chi connectivity index (χ1) is 16.1. The maximum absolute atomic E-state index is 11.1. The van der Waals surface area contributed by atoms with Crippen LogP contribution in [0.5, 0.6) is 0 Å². The highest BCUT2D eigenvalue weighted by molar-refractivity contribution is 7.78. The van der Waals surface area contributed by atoms with Crippen LogP contribution in [-0.4, -0.2) is 51.6 Å². The summed E-state index contributed by atoms with van der Waals surface area (Å²) in [6.07, 6.45) is 10.1. The fourth-order valence-corrected chi connectivity index (χ4v) is 4.93. The van der Waals surface area contributed by atoms with Crippen molar-refractivity contribution in [3.63, 3.8) is 0 Å². The molecule has 0 spiro atoms. The van der Waals surface area contributed by atoms with Crippen molar-refractivity contribution in [1.29, 1.82) is 5.26 Å². The van der Waals surface area contributed by atoms with Gasteiger partial charge >= 0.3 is 0 Å². The third kappa shape index (κ3) is 4.35. The first kappa shape index (κ1) is 21.2. The van der Waals surface area contributed by atoms with Crippen molar-refractivity contribution >= 4 is 27.8 Å². The summed E-state index contributed by atoms with van der Waals surface area (Å²) in [6.45, 7) is 1.60. The van der Waals surface area contributed by atoms with E-state index in [0.29, 0.717) is 12.1 Å². The standard InChI is InChI=1S/C22H22N8O2S/c23-5-1-20(15-4-8-29(11-15)18-2-6-24-17(9-18)13-33(31)32)30-12-16(10-28-30)21-19-3-7-25-22(19)27-14-26-21/h2-3,6-7,9-10,12,14-15,20H,1,4,8,11,13H2,(H,31,32)(H,25,26,27). The van der Waals surface area contributed by atoms with Crippen LogP contribution in [0.25, 0.3) is 22.3 Å². The van der Waals surface area contributed by atoms with Crippen LogP contribution in [0.3, 0.4) is 0 Å². The van der Waals surface area contributed by atoms with Crippen molar-refractivity contribution in [2.45, 2.75) is 24.6 Å². The zero-order chi connectivity index (χ0) is 22.8. The van der Waals surface area contributed by atoms with Crippen LogP contribution >= 0.6 is 0 Å². The lowest BCUT2D eigenvalue weighted by molar-refractivity contribution is 0.332. The van der Waals surface area contributed by atoms with Gasteiger partial charge in [0.2, 0.25) is 0 Å². The second-order valence-corrected chi connectivity index (χ2v) is 9.00. The van der Waals surface area contributed by atoms with Gasteiger partial charge in [0.15, 0.2) is 11.1 Å². The summed E-state index contributed by atoms with van der Waals surface area (Å²) < 4.78 is 22.2. The second-order valence-electron chi connectivity index (χ2n) is 8.07. The molecule has 33 heavy (non-hydrogen) atoms. The largest absolute Gasteiger partial charge is 0.371 e. The molecular formula is C22H22N8O2S. The number of nitrogens with zero attached hydrogens (tertiary/aromatic N) is 7. The summed E-state index contributed by atoms with van der Waals surface area (Å²) in [7, 11) is 0. The Morgan fingerprint density at radius 1 is 1.33 bits per heavy atom. The molecule has 2 N–H and O–H groups in total. The van der Waals surface area contributed by atoms with Crippen LogP contribution in [0.4, 0.5) is 5.69 Å². The Balaban J connectivity index is 1.37. The van der Waals surface area contributed by atoms with Crippen molar-refractivity contribution in [3.05, 3.63) is 55.0 Å². The fraction of sp³-hybridized carbons (Fsp3) is 0.318. The van der Waals surface area contributed by atoms with E-state index < -0.39 is 11.1 Å². The van der Waals surface area contributed by atoms with Crippen LogP contribution in [-0.2, 0) is 16.8 Å². The highest BCUT2D eigenvalue weighted by atomic mass is 32.2. The van der Waals surface area contributed by atoms with Crippen molar-refractivity contribution in [2.75, 3.05) is 18.0 Å². The SMILES string of the molecule is N#CCC(C1CCN(c2ccnc(CS(=O)O)c2)C1)n1cc(-c2ncnc3[nH]ccc23)cn1. The lowest BCUT2D eigenvalue weighted by Crippen LogP contribution is -2.25. The molecule has 1 aliphatic heterocycles. The molecule has 5 rings (SSSR count). The molecule has 0 bridgehead atoms. The normalized spacial score (nSPS) is 17.8. The van der Waals surface area contributed by atoms with Gasteiger partial charge in [0.25, 0.3) is 0 Å². The minimum atomic E-state index is -1.93.